The minimum Gasteiger partial charge on any atom is -0.314 e. The lowest BCUT2D eigenvalue weighted by Crippen LogP contribution is -2.17. The summed E-state index contributed by atoms with van der Waals surface area (Å²) in [5.41, 5.74) is 0.185. The molecule has 1 aliphatic rings. The van der Waals surface area contributed by atoms with E-state index < -0.39 is 11.6 Å². The Hall–Kier alpha value is -1.40. The summed E-state index contributed by atoms with van der Waals surface area (Å²) < 4.78 is 26.8. The van der Waals surface area contributed by atoms with Gasteiger partial charge in [0.05, 0.1) is 5.56 Å². The molecule has 0 spiro atoms. The average Bonchev–Trinajstić information content (AvgIpc) is 3.15. The van der Waals surface area contributed by atoms with Crippen molar-refractivity contribution in [2.75, 3.05) is 6.54 Å². The first-order valence-corrected chi connectivity index (χ1v) is 7.55. The van der Waals surface area contributed by atoms with Gasteiger partial charge in [-0.2, -0.15) is 0 Å². The highest BCUT2D eigenvalue weighted by atomic mass is 32.1. The molecule has 1 fully saturated rings. The van der Waals surface area contributed by atoms with E-state index in [9.17, 15) is 8.78 Å². The van der Waals surface area contributed by atoms with Gasteiger partial charge < -0.3 is 5.32 Å². The maximum Gasteiger partial charge on any atom is 0.150 e. The molecule has 0 atom stereocenters. The molecule has 1 N–H and O–H groups in total. The zero-order valence-electron chi connectivity index (χ0n) is 10.9. The lowest BCUT2D eigenvalue weighted by atomic mass is 10.2. The van der Waals surface area contributed by atoms with E-state index in [0.717, 1.165) is 42.6 Å². The Morgan fingerprint density at radius 1 is 1.25 bits per heavy atom. The van der Waals surface area contributed by atoms with E-state index in [0.29, 0.717) is 11.0 Å². The molecule has 0 bridgehead atoms. The minimum atomic E-state index is -0.468. The minimum absolute atomic E-state index is 0.185. The van der Waals surface area contributed by atoms with Gasteiger partial charge in [0, 0.05) is 12.5 Å². The summed E-state index contributed by atoms with van der Waals surface area (Å²) >= 11 is 1.33. The molecule has 0 saturated heterocycles. The summed E-state index contributed by atoms with van der Waals surface area (Å²) in [6.07, 6.45) is 4.36. The summed E-state index contributed by atoms with van der Waals surface area (Å²) in [6, 6.07) is 4.09. The van der Waals surface area contributed by atoms with Crippen molar-refractivity contribution in [3.05, 3.63) is 34.8 Å². The van der Waals surface area contributed by atoms with Gasteiger partial charge in [-0.1, -0.05) is 11.3 Å². The van der Waals surface area contributed by atoms with Gasteiger partial charge in [0.2, 0.25) is 0 Å². The van der Waals surface area contributed by atoms with Crippen molar-refractivity contribution in [2.24, 2.45) is 0 Å². The monoisotopic (exact) mass is 295 g/mol. The number of benzene rings is 1. The normalized spacial score (nSPS) is 14.7. The van der Waals surface area contributed by atoms with Crippen LogP contribution >= 0.6 is 11.3 Å². The number of nitrogens with zero attached hydrogens (tertiary/aromatic N) is 2. The topological polar surface area (TPSA) is 37.8 Å². The molecule has 0 aliphatic heterocycles. The van der Waals surface area contributed by atoms with Crippen molar-refractivity contribution in [3.8, 4) is 10.6 Å². The van der Waals surface area contributed by atoms with Gasteiger partial charge >= 0.3 is 0 Å². The fourth-order valence-corrected chi connectivity index (χ4v) is 2.86. The second kappa shape index (κ2) is 5.93. The number of hydrogen-bond acceptors (Lipinski definition) is 4. The van der Waals surface area contributed by atoms with Crippen molar-refractivity contribution < 1.29 is 8.78 Å². The van der Waals surface area contributed by atoms with Gasteiger partial charge in [0.1, 0.15) is 16.6 Å². The number of rotatable bonds is 6. The fourth-order valence-electron chi connectivity index (χ4n) is 1.96. The van der Waals surface area contributed by atoms with E-state index in [2.05, 4.69) is 15.5 Å². The summed E-state index contributed by atoms with van der Waals surface area (Å²) in [7, 11) is 0. The van der Waals surface area contributed by atoms with Gasteiger partial charge in [0.25, 0.3) is 0 Å². The molecule has 3 nitrogen and oxygen atoms in total. The summed E-state index contributed by atoms with van der Waals surface area (Å²) in [4.78, 5) is 0. The molecular weight excluding hydrogens is 280 g/mol. The summed E-state index contributed by atoms with van der Waals surface area (Å²) in [5, 5.41) is 12.7. The van der Waals surface area contributed by atoms with Crippen LogP contribution < -0.4 is 5.32 Å². The van der Waals surface area contributed by atoms with E-state index in [1.807, 2.05) is 0 Å². The molecule has 1 saturated carbocycles. The van der Waals surface area contributed by atoms with Gasteiger partial charge in [-0.25, -0.2) is 8.78 Å². The van der Waals surface area contributed by atoms with Crippen molar-refractivity contribution in [1.82, 2.24) is 15.5 Å². The van der Waals surface area contributed by atoms with Crippen LogP contribution in [0, 0.1) is 11.6 Å². The van der Waals surface area contributed by atoms with Crippen LogP contribution in [0.5, 0.6) is 0 Å². The van der Waals surface area contributed by atoms with Crippen molar-refractivity contribution in [2.45, 2.75) is 31.7 Å². The van der Waals surface area contributed by atoms with Crippen LogP contribution in [0.15, 0.2) is 18.2 Å². The van der Waals surface area contributed by atoms with E-state index in [1.54, 1.807) is 0 Å². The summed E-state index contributed by atoms with van der Waals surface area (Å²) in [5.74, 6) is -0.934. The smallest absolute Gasteiger partial charge is 0.150 e. The first-order valence-electron chi connectivity index (χ1n) is 6.73. The highest BCUT2D eigenvalue weighted by molar-refractivity contribution is 7.14. The Morgan fingerprint density at radius 3 is 2.90 bits per heavy atom. The van der Waals surface area contributed by atoms with Gasteiger partial charge in [0.15, 0.2) is 5.01 Å². The second-order valence-corrected chi connectivity index (χ2v) is 6.02. The first-order chi connectivity index (χ1) is 9.72. The number of hydrogen-bond donors (Lipinski definition) is 1. The Labute approximate surface area is 120 Å². The van der Waals surface area contributed by atoms with E-state index in [1.165, 1.54) is 24.2 Å². The molecule has 0 unspecified atom stereocenters. The molecule has 0 amide bonds. The molecule has 2 aromatic rings. The quantitative estimate of drug-likeness (QED) is 0.832. The molecule has 106 valence electrons. The van der Waals surface area contributed by atoms with Crippen molar-refractivity contribution in [3.63, 3.8) is 0 Å². The van der Waals surface area contributed by atoms with Crippen molar-refractivity contribution in [1.29, 1.82) is 0 Å². The zero-order chi connectivity index (χ0) is 13.9. The van der Waals surface area contributed by atoms with E-state index in [4.69, 9.17) is 0 Å². The third-order valence-electron chi connectivity index (χ3n) is 3.20. The third kappa shape index (κ3) is 3.37. The maximum absolute atomic E-state index is 13.6. The Morgan fingerprint density at radius 2 is 2.10 bits per heavy atom. The number of aryl methyl sites for hydroxylation is 1. The standard InChI is InChI=1S/C14H15F2N3S/c15-9-3-6-12(16)11(8-9)14-19-18-13(20-14)2-1-7-17-10-4-5-10/h3,6,8,10,17H,1-2,4-5,7H2. The Kier molecular flexibility index (Phi) is 4.03. The third-order valence-corrected chi connectivity index (χ3v) is 4.22. The zero-order valence-corrected chi connectivity index (χ0v) is 11.7. The first kappa shape index (κ1) is 13.6. The molecule has 1 aromatic heterocycles. The van der Waals surface area contributed by atoms with Crippen LogP contribution in [0.4, 0.5) is 8.78 Å². The lowest BCUT2D eigenvalue weighted by Gasteiger charge is -1.99. The predicted molar refractivity (Wildman–Crippen MR) is 74.6 cm³/mol. The predicted octanol–water partition coefficient (Wildman–Crippen LogP) is 3.17. The highest BCUT2D eigenvalue weighted by Gasteiger charge is 2.19. The van der Waals surface area contributed by atoms with Crippen LogP contribution in [0.1, 0.15) is 24.3 Å². The van der Waals surface area contributed by atoms with Gasteiger partial charge in [-0.15, -0.1) is 10.2 Å². The fraction of sp³-hybridized carbons (Fsp3) is 0.429. The Balaban J connectivity index is 1.61. The molecule has 1 heterocycles. The second-order valence-electron chi connectivity index (χ2n) is 4.96. The van der Waals surface area contributed by atoms with Crippen LogP contribution in [-0.4, -0.2) is 22.8 Å². The number of nitrogens with one attached hydrogen (secondary N) is 1. The molecule has 3 rings (SSSR count). The lowest BCUT2D eigenvalue weighted by molar-refractivity contribution is 0.603. The van der Waals surface area contributed by atoms with E-state index >= 15 is 0 Å². The number of halogens is 2. The highest BCUT2D eigenvalue weighted by Crippen LogP contribution is 2.27. The molecule has 1 aromatic carbocycles. The van der Waals surface area contributed by atoms with Crippen LogP contribution in [0.3, 0.4) is 0 Å². The molecule has 0 radical (unpaired) electrons. The SMILES string of the molecule is Fc1ccc(F)c(-c2nnc(CCCNC3CC3)s2)c1. The van der Waals surface area contributed by atoms with Gasteiger partial charge in [-0.05, 0) is 44.0 Å². The molecule has 20 heavy (non-hydrogen) atoms. The largest absolute Gasteiger partial charge is 0.314 e. The van der Waals surface area contributed by atoms with Crippen LogP contribution in [0.25, 0.3) is 10.6 Å². The van der Waals surface area contributed by atoms with Crippen molar-refractivity contribution >= 4 is 11.3 Å². The van der Waals surface area contributed by atoms with Gasteiger partial charge in [-0.3, -0.25) is 0 Å². The van der Waals surface area contributed by atoms with Crippen LogP contribution in [-0.2, 0) is 6.42 Å². The maximum atomic E-state index is 13.6. The van der Waals surface area contributed by atoms with E-state index in [-0.39, 0.29) is 5.56 Å². The molecule has 6 heteroatoms. The van der Waals surface area contributed by atoms with Crippen LogP contribution in [0.2, 0.25) is 0 Å². The summed E-state index contributed by atoms with van der Waals surface area (Å²) in [6.45, 7) is 0.966. The molecule has 1 aliphatic carbocycles. The number of aromatic nitrogens is 2. The Bertz CT molecular complexity index is 596. The average molecular weight is 295 g/mol. The molecular formula is C14H15F2N3S.